The molecule has 0 bridgehead atoms. The van der Waals surface area contributed by atoms with Crippen LogP contribution in [0.3, 0.4) is 0 Å². The van der Waals surface area contributed by atoms with Gasteiger partial charge in [0, 0.05) is 6.04 Å². The van der Waals surface area contributed by atoms with Crippen molar-refractivity contribution in [2.45, 2.75) is 77.7 Å². The van der Waals surface area contributed by atoms with Crippen LogP contribution in [0.2, 0.25) is 0 Å². The largest absolute Gasteiger partial charge is 0.328 e. The Hall–Kier alpha value is -0.300. The zero-order valence-electron chi connectivity index (χ0n) is 10.7. The van der Waals surface area contributed by atoms with Crippen molar-refractivity contribution in [1.29, 1.82) is 0 Å². The second-order valence-electron chi connectivity index (χ2n) is 4.56. The normalized spacial score (nSPS) is 13.5. The van der Waals surface area contributed by atoms with Crippen molar-refractivity contribution in [3.63, 3.8) is 0 Å². The zero-order chi connectivity index (χ0) is 11.4. The molecule has 0 saturated carbocycles. The Morgan fingerprint density at radius 2 is 1.53 bits per heavy atom. The molecule has 0 aromatic carbocycles. The molecule has 90 valence electrons. The summed E-state index contributed by atoms with van der Waals surface area (Å²) in [5.41, 5.74) is 5.69. The van der Waals surface area contributed by atoms with Crippen LogP contribution in [0.15, 0.2) is 12.2 Å². The van der Waals surface area contributed by atoms with Gasteiger partial charge in [0.2, 0.25) is 0 Å². The van der Waals surface area contributed by atoms with Gasteiger partial charge in [0.15, 0.2) is 0 Å². The fraction of sp³-hybridized carbons (Fsp3) is 0.857. The van der Waals surface area contributed by atoms with Crippen molar-refractivity contribution in [2.75, 3.05) is 0 Å². The lowest BCUT2D eigenvalue weighted by Gasteiger charge is -2.04. The van der Waals surface area contributed by atoms with Gasteiger partial charge in [-0.3, -0.25) is 0 Å². The van der Waals surface area contributed by atoms with Crippen LogP contribution in [-0.2, 0) is 0 Å². The first-order valence-electron chi connectivity index (χ1n) is 6.68. The van der Waals surface area contributed by atoms with E-state index in [2.05, 4.69) is 26.0 Å². The highest BCUT2D eigenvalue weighted by atomic mass is 14.6. The first kappa shape index (κ1) is 14.7. The Morgan fingerprint density at radius 3 is 2.13 bits per heavy atom. The molecule has 0 aromatic rings. The Bertz CT molecular complexity index is 138. The molecule has 0 radical (unpaired) electrons. The second kappa shape index (κ2) is 11.8. The van der Waals surface area contributed by atoms with Gasteiger partial charge in [-0.05, 0) is 32.6 Å². The first-order valence-corrected chi connectivity index (χ1v) is 6.68. The third kappa shape index (κ3) is 13.7. The average molecular weight is 211 g/mol. The highest BCUT2D eigenvalue weighted by Crippen LogP contribution is 2.09. The molecule has 1 heteroatoms. The molecule has 0 fully saturated rings. The number of nitrogens with two attached hydrogens (primary N) is 1. The van der Waals surface area contributed by atoms with Crippen molar-refractivity contribution < 1.29 is 0 Å². The van der Waals surface area contributed by atoms with Gasteiger partial charge in [0.25, 0.3) is 0 Å². The summed E-state index contributed by atoms with van der Waals surface area (Å²) in [6, 6.07) is 0.393. The zero-order valence-corrected chi connectivity index (χ0v) is 10.7. The fourth-order valence-electron chi connectivity index (χ4n) is 1.72. The van der Waals surface area contributed by atoms with E-state index < -0.39 is 0 Å². The third-order valence-electron chi connectivity index (χ3n) is 2.68. The second-order valence-corrected chi connectivity index (χ2v) is 4.56. The lowest BCUT2D eigenvalue weighted by Crippen LogP contribution is -2.13. The van der Waals surface area contributed by atoms with Crippen molar-refractivity contribution >= 4 is 0 Å². The van der Waals surface area contributed by atoms with Crippen LogP contribution in [0, 0.1) is 0 Å². The van der Waals surface area contributed by atoms with Crippen LogP contribution in [-0.4, -0.2) is 6.04 Å². The molecule has 1 nitrogen and oxygen atoms in total. The Labute approximate surface area is 96.1 Å². The minimum atomic E-state index is 0.393. The topological polar surface area (TPSA) is 26.0 Å². The average Bonchev–Trinajstić information content (AvgIpc) is 2.20. The SMILES string of the molecule is CC/C=C/CCCCCCCCC(C)N. The summed E-state index contributed by atoms with van der Waals surface area (Å²) in [6.45, 7) is 4.29. The van der Waals surface area contributed by atoms with E-state index in [-0.39, 0.29) is 0 Å². The lowest BCUT2D eigenvalue weighted by molar-refractivity contribution is 0.550. The molecule has 0 aliphatic rings. The summed E-state index contributed by atoms with van der Waals surface area (Å²) in [5, 5.41) is 0. The summed E-state index contributed by atoms with van der Waals surface area (Å²) >= 11 is 0. The smallest absolute Gasteiger partial charge is 0.00104 e. The van der Waals surface area contributed by atoms with Crippen LogP contribution in [0.25, 0.3) is 0 Å². The highest BCUT2D eigenvalue weighted by molar-refractivity contribution is 4.79. The monoisotopic (exact) mass is 211 g/mol. The number of rotatable bonds is 10. The molecule has 1 atom stereocenters. The van der Waals surface area contributed by atoms with E-state index in [0.717, 1.165) is 0 Å². The Balaban J connectivity index is 2.96. The quantitative estimate of drug-likeness (QED) is 0.420. The fourth-order valence-corrected chi connectivity index (χ4v) is 1.72. The molecule has 0 spiro atoms. The van der Waals surface area contributed by atoms with E-state index in [1.165, 1.54) is 57.8 Å². The number of hydrogen-bond acceptors (Lipinski definition) is 1. The van der Waals surface area contributed by atoms with E-state index in [1.54, 1.807) is 0 Å². The van der Waals surface area contributed by atoms with E-state index in [1.807, 2.05) is 0 Å². The van der Waals surface area contributed by atoms with Crippen molar-refractivity contribution in [2.24, 2.45) is 5.73 Å². The van der Waals surface area contributed by atoms with E-state index in [0.29, 0.717) is 6.04 Å². The van der Waals surface area contributed by atoms with Gasteiger partial charge in [0.1, 0.15) is 0 Å². The molecular weight excluding hydrogens is 182 g/mol. The predicted octanol–water partition coefficient (Wildman–Crippen LogP) is 4.42. The first-order chi connectivity index (χ1) is 7.27. The van der Waals surface area contributed by atoms with Gasteiger partial charge >= 0.3 is 0 Å². The number of hydrogen-bond donors (Lipinski definition) is 1. The lowest BCUT2D eigenvalue weighted by atomic mass is 10.1. The van der Waals surface area contributed by atoms with E-state index in [4.69, 9.17) is 5.73 Å². The maximum Gasteiger partial charge on any atom is 0.00104 e. The van der Waals surface area contributed by atoms with Crippen LogP contribution in [0.5, 0.6) is 0 Å². The standard InChI is InChI=1S/C14H29N/c1-3-4-5-6-7-8-9-10-11-12-13-14(2)15/h4-5,14H,3,6-13,15H2,1-2H3/b5-4+. The van der Waals surface area contributed by atoms with Gasteiger partial charge in [-0.2, -0.15) is 0 Å². The molecular formula is C14H29N. The molecule has 1 unspecified atom stereocenters. The van der Waals surface area contributed by atoms with Crippen molar-refractivity contribution in [3.05, 3.63) is 12.2 Å². The molecule has 0 rings (SSSR count). The van der Waals surface area contributed by atoms with Crippen LogP contribution in [0.1, 0.15) is 71.6 Å². The molecule has 0 amide bonds. The van der Waals surface area contributed by atoms with Gasteiger partial charge in [-0.15, -0.1) is 0 Å². The highest BCUT2D eigenvalue weighted by Gasteiger charge is 1.94. The summed E-state index contributed by atoms with van der Waals surface area (Å²) in [4.78, 5) is 0. The molecule has 0 aromatic heterocycles. The number of unbranched alkanes of at least 4 members (excludes halogenated alkanes) is 6. The van der Waals surface area contributed by atoms with Crippen molar-refractivity contribution in [1.82, 2.24) is 0 Å². The van der Waals surface area contributed by atoms with Gasteiger partial charge in [-0.1, -0.05) is 51.2 Å². The van der Waals surface area contributed by atoms with Gasteiger partial charge in [0.05, 0.1) is 0 Å². The molecule has 15 heavy (non-hydrogen) atoms. The molecule has 0 aliphatic carbocycles. The van der Waals surface area contributed by atoms with Gasteiger partial charge < -0.3 is 5.73 Å². The van der Waals surface area contributed by atoms with Crippen LogP contribution in [0.4, 0.5) is 0 Å². The van der Waals surface area contributed by atoms with E-state index in [9.17, 15) is 0 Å². The van der Waals surface area contributed by atoms with Crippen LogP contribution < -0.4 is 5.73 Å². The molecule has 2 N–H and O–H groups in total. The van der Waals surface area contributed by atoms with Gasteiger partial charge in [-0.25, -0.2) is 0 Å². The summed E-state index contributed by atoms with van der Waals surface area (Å²) in [6.07, 6.45) is 16.5. The minimum absolute atomic E-state index is 0.393. The third-order valence-corrected chi connectivity index (χ3v) is 2.68. The molecule has 0 saturated heterocycles. The summed E-state index contributed by atoms with van der Waals surface area (Å²) < 4.78 is 0. The maximum absolute atomic E-state index is 5.69. The Kier molecular flexibility index (Phi) is 11.5. The minimum Gasteiger partial charge on any atom is -0.328 e. The van der Waals surface area contributed by atoms with Crippen molar-refractivity contribution in [3.8, 4) is 0 Å². The van der Waals surface area contributed by atoms with E-state index >= 15 is 0 Å². The summed E-state index contributed by atoms with van der Waals surface area (Å²) in [7, 11) is 0. The van der Waals surface area contributed by atoms with Crippen LogP contribution >= 0.6 is 0 Å². The maximum atomic E-state index is 5.69. The number of allylic oxidation sites excluding steroid dienone is 2. The predicted molar refractivity (Wildman–Crippen MR) is 70.0 cm³/mol. The Morgan fingerprint density at radius 1 is 0.933 bits per heavy atom. The molecule has 0 heterocycles. The summed E-state index contributed by atoms with van der Waals surface area (Å²) in [5.74, 6) is 0. The molecule has 0 aliphatic heterocycles.